The third kappa shape index (κ3) is 3.29. The Morgan fingerprint density at radius 3 is 2.65 bits per heavy atom. The van der Waals surface area contributed by atoms with Gasteiger partial charge < -0.3 is 10.5 Å². The van der Waals surface area contributed by atoms with Crippen LogP contribution in [0.4, 0.5) is 5.69 Å². The highest BCUT2D eigenvalue weighted by atomic mass is 35.5. The van der Waals surface area contributed by atoms with E-state index in [1.807, 2.05) is 0 Å². The highest BCUT2D eigenvalue weighted by molar-refractivity contribution is 7.89. The van der Waals surface area contributed by atoms with Crippen molar-refractivity contribution in [1.29, 1.82) is 0 Å². The van der Waals surface area contributed by atoms with E-state index in [1.54, 1.807) is 18.2 Å². The van der Waals surface area contributed by atoms with E-state index in [2.05, 4.69) is 4.99 Å². The molecule has 0 atom stereocenters. The minimum atomic E-state index is -3.60. The molecule has 0 aliphatic carbocycles. The van der Waals surface area contributed by atoms with Crippen LogP contribution in [0.25, 0.3) is 0 Å². The molecule has 0 radical (unpaired) electrons. The lowest BCUT2D eigenvalue weighted by Crippen LogP contribution is -2.40. The van der Waals surface area contributed by atoms with Crippen molar-refractivity contribution < 1.29 is 13.2 Å². The smallest absolute Gasteiger partial charge is 0.245 e. The zero-order valence-electron chi connectivity index (χ0n) is 10.8. The van der Waals surface area contributed by atoms with E-state index >= 15 is 0 Å². The van der Waals surface area contributed by atoms with Crippen molar-refractivity contribution >= 4 is 33.1 Å². The number of para-hydroxylation sites is 1. The Labute approximate surface area is 123 Å². The van der Waals surface area contributed by atoms with Gasteiger partial charge in [-0.2, -0.15) is 4.31 Å². The summed E-state index contributed by atoms with van der Waals surface area (Å²) in [7, 11) is -3.60. The lowest BCUT2D eigenvalue weighted by atomic mass is 10.3. The summed E-state index contributed by atoms with van der Waals surface area (Å²) in [4.78, 5) is 4.20. The van der Waals surface area contributed by atoms with Crippen molar-refractivity contribution in [3.63, 3.8) is 0 Å². The molecule has 0 spiro atoms. The molecular formula is C12H16ClN3O3S. The lowest BCUT2D eigenvalue weighted by molar-refractivity contribution is 0.0730. The van der Waals surface area contributed by atoms with Crippen LogP contribution in [0.1, 0.15) is 0 Å². The number of benzene rings is 1. The molecular weight excluding hydrogens is 302 g/mol. The van der Waals surface area contributed by atoms with Gasteiger partial charge in [0.2, 0.25) is 10.0 Å². The fourth-order valence-electron chi connectivity index (χ4n) is 1.88. The molecule has 1 heterocycles. The zero-order chi connectivity index (χ0) is 14.6. The number of nitrogens with zero attached hydrogens (tertiary/aromatic N) is 2. The van der Waals surface area contributed by atoms with Gasteiger partial charge in [-0.15, -0.1) is 11.6 Å². The molecule has 0 bridgehead atoms. The van der Waals surface area contributed by atoms with Crippen LogP contribution in [0, 0.1) is 0 Å². The predicted octanol–water partition coefficient (Wildman–Crippen LogP) is 0.935. The number of nitrogens with two attached hydrogens (primary N) is 1. The van der Waals surface area contributed by atoms with Gasteiger partial charge >= 0.3 is 0 Å². The van der Waals surface area contributed by atoms with Crippen molar-refractivity contribution in [3.8, 4) is 0 Å². The molecule has 0 saturated carbocycles. The van der Waals surface area contributed by atoms with Crippen LogP contribution in [-0.2, 0) is 14.8 Å². The number of hydrogen-bond acceptors (Lipinski definition) is 4. The number of ether oxygens (including phenoxy) is 1. The first-order chi connectivity index (χ1) is 9.55. The van der Waals surface area contributed by atoms with E-state index in [9.17, 15) is 8.42 Å². The van der Waals surface area contributed by atoms with Gasteiger partial charge in [0.25, 0.3) is 0 Å². The maximum absolute atomic E-state index is 12.6. The first-order valence-electron chi connectivity index (χ1n) is 6.11. The molecule has 2 N–H and O–H groups in total. The van der Waals surface area contributed by atoms with E-state index in [0.717, 1.165) is 0 Å². The number of aliphatic imine (C=N–C) groups is 1. The average molecular weight is 318 g/mol. The second kappa shape index (κ2) is 6.53. The first-order valence-corrected chi connectivity index (χ1v) is 8.09. The minimum absolute atomic E-state index is 0.0476. The van der Waals surface area contributed by atoms with E-state index in [-0.39, 0.29) is 16.6 Å². The van der Waals surface area contributed by atoms with Crippen LogP contribution in [0.5, 0.6) is 0 Å². The first kappa shape index (κ1) is 15.2. The van der Waals surface area contributed by atoms with Gasteiger partial charge in [-0.1, -0.05) is 12.1 Å². The third-order valence-electron chi connectivity index (χ3n) is 2.85. The Balaban J connectivity index is 2.41. The summed E-state index contributed by atoms with van der Waals surface area (Å²) in [6, 6.07) is 6.49. The van der Waals surface area contributed by atoms with Gasteiger partial charge in [0, 0.05) is 13.1 Å². The lowest BCUT2D eigenvalue weighted by Gasteiger charge is -2.26. The summed E-state index contributed by atoms with van der Waals surface area (Å²) >= 11 is 5.59. The van der Waals surface area contributed by atoms with Crippen molar-refractivity contribution in [2.75, 3.05) is 32.2 Å². The summed E-state index contributed by atoms with van der Waals surface area (Å²) in [5.41, 5.74) is 5.89. The SMILES string of the molecule is NC(CCl)=Nc1ccccc1S(=O)(=O)N1CCOCC1. The highest BCUT2D eigenvalue weighted by Crippen LogP contribution is 2.27. The third-order valence-corrected chi connectivity index (χ3v) is 5.07. The molecule has 0 amide bonds. The molecule has 110 valence electrons. The number of halogens is 1. The number of morpholine rings is 1. The quantitative estimate of drug-likeness (QED) is 0.508. The van der Waals surface area contributed by atoms with Gasteiger partial charge in [0.05, 0.1) is 24.8 Å². The van der Waals surface area contributed by atoms with Gasteiger partial charge in [0.15, 0.2) is 0 Å². The maximum atomic E-state index is 12.6. The molecule has 20 heavy (non-hydrogen) atoms. The molecule has 0 aromatic heterocycles. The zero-order valence-corrected chi connectivity index (χ0v) is 12.4. The van der Waals surface area contributed by atoms with Crippen molar-refractivity contribution in [2.24, 2.45) is 10.7 Å². The van der Waals surface area contributed by atoms with Gasteiger partial charge in [0.1, 0.15) is 10.7 Å². The Hall–Kier alpha value is -1.15. The fraction of sp³-hybridized carbons (Fsp3) is 0.417. The molecule has 1 aliphatic heterocycles. The highest BCUT2D eigenvalue weighted by Gasteiger charge is 2.28. The monoisotopic (exact) mass is 317 g/mol. The van der Waals surface area contributed by atoms with Crippen LogP contribution in [0.15, 0.2) is 34.2 Å². The van der Waals surface area contributed by atoms with E-state index in [0.29, 0.717) is 32.0 Å². The fourth-order valence-corrected chi connectivity index (χ4v) is 3.47. The molecule has 1 aromatic rings. The van der Waals surface area contributed by atoms with Gasteiger partial charge in [-0.25, -0.2) is 13.4 Å². The van der Waals surface area contributed by atoms with E-state index in [4.69, 9.17) is 22.1 Å². The average Bonchev–Trinajstić information content (AvgIpc) is 2.48. The largest absolute Gasteiger partial charge is 0.386 e. The normalized spacial score (nSPS) is 18.1. The number of sulfonamides is 1. The van der Waals surface area contributed by atoms with Crippen molar-refractivity contribution in [3.05, 3.63) is 24.3 Å². The maximum Gasteiger partial charge on any atom is 0.245 e. The summed E-state index contributed by atoms with van der Waals surface area (Å²) in [5.74, 6) is 0.225. The molecule has 8 heteroatoms. The molecule has 1 aliphatic rings. The molecule has 1 saturated heterocycles. The second-order valence-electron chi connectivity index (χ2n) is 4.22. The van der Waals surface area contributed by atoms with Gasteiger partial charge in [-0.05, 0) is 12.1 Å². The van der Waals surface area contributed by atoms with Crippen LogP contribution in [0.2, 0.25) is 0 Å². The Bertz CT molecular complexity index is 598. The molecule has 1 fully saturated rings. The minimum Gasteiger partial charge on any atom is -0.386 e. The molecule has 1 aromatic carbocycles. The Morgan fingerprint density at radius 2 is 2.00 bits per heavy atom. The predicted molar refractivity (Wildman–Crippen MR) is 78.0 cm³/mol. The summed E-state index contributed by atoms with van der Waals surface area (Å²) in [6.45, 7) is 1.47. The Kier molecular flexibility index (Phi) is 4.98. The molecule has 0 unspecified atom stereocenters. The van der Waals surface area contributed by atoms with Crippen LogP contribution < -0.4 is 5.73 Å². The molecule has 2 rings (SSSR count). The van der Waals surface area contributed by atoms with Crippen LogP contribution >= 0.6 is 11.6 Å². The number of rotatable bonds is 4. The summed E-state index contributed by atoms with van der Waals surface area (Å²) in [5, 5.41) is 0. The second-order valence-corrected chi connectivity index (χ2v) is 6.39. The van der Waals surface area contributed by atoms with E-state index < -0.39 is 10.0 Å². The standard InChI is InChI=1S/C12H16ClN3O3S/c13-9-12(14)15-10-3-1-2-4-11(10)20(17,18)16-5-7-19-8-6-16/h1-4H,5-9H2,(H2,14,15). The van der Waals surface area contributed by atoms with Crippen molar-refractivity contribution in [1.82, 2.24) is 4.31 Å². The van der Waals surface area contributed by atoms with Crippen molar-refractivity contribution in [2.45, 2.75) is 4.90 Å². The van der Waals surface area contributed by atoms with Gasteiger partial charge in [-0.3, -0.25) is 0 Å². The van der Waals surface area contributed by atoms with Crippen LogP contribution in [0.3, 0.4) is 0 Å². The topological polar surface area (TPSA) is 85.0 Å². The summed E-state index contributed by atoms with van der Waals surface area (Å²) in [6.07, 6.45) is 0. The van der Waals surface area contributed by atoms with Crippen LogP contribution in [-0.4, -0.2) is 50.7 Å². The Morgan fingerprint density at radius 1 is 1.35 bits per heavy atom. The van der Waals surface area contributed by atoms with E-state index in [1.165, 1.54) is 10.4 Å². The number of alkyl halides is 1. The summed E-state index contributed by atoms with van der Waals surface area (Å²) < 4.78 is 31.8. The molecule has 6 nitrogen and oxygen atoms in total. The number of amidine groups is 1. The number of hydrogen-bond donors (Lipinski definition) is 1.